The van der Waals surface area contributed by atoms with Crippen LogP contribution in [0.25, 0.3) is 11.1 Å². The molecule has 21 heavy (non-hydrogen) atoms. The van der Waals surface area contributed by atoms with Gasteiger partial charge in [0.25, 0.3) is 0 Å². The molecule has 0 aliphatic rings. The van der Waals surface area contributed by atoms with Crippen LogP contribution in [0, 0.1) is 32.1 Å². The molecule has 0 fully saturated rings. The Labute approximate surface area is 126 Å². The minimum absolute atomic E-state index is 0.325. The summed E-state index contributed by atoms with van der Waals surface area (Å²) >= 11 is 0. The number of benzene rings is 1. The standard InChI is InChI=1S/C18H21N3/c1-5-6-14-13(4)21-18(20)16(10-19)17(14)15-9-11(2)7-8-12(15)3/h7-9H,5-6H2,1-4H3,(H2,20,21). The number of nitrogens with zero attached hydrogens (tertiary/aromatic N) is 2. The number of nitriles is 1. The number of nitrogens with two attached hydrogens (primary N) is 1. The molecule has 0 saturated heterocycles. The van der Waals surface area contributed by atoms with Gasteiger partial charge in [-0.3, -0.25) is 0 Å². The van der Waals surface area contributed by atoms with Crippen molar-refractivity contribution in [2.75, 3.05) is 5.73 Å². The molecule has 1 aromatic heterocycles. The first-order valence-corrected chi connectivity index (χ1v) is 7.26. The average Bonchev–Trinajstić information content (AvgIpc) is 2.44. The molecular formula is C18H21N3. The van der Waals surface area contributed by atoms with E-state index >= 15 is 0 Å². The van der Waals surface area contributed by atoms with Crippen LogP contribution < -0.4 is 5.73 Å². The lowest BCUT2D eigenvalue weighted by Gasteiger charge is -2.17. The van der Waals surface area contributed by atoms with Crippen molar-refractivity contribution in [3.63, 3.8) is 0 Å². The molecular weight excluding hydrogens is 258 g/mol. The summed E-state index contributed by atoms with van der Waals surface area (Å²) in [6, 6.07) is 8.55. The molecule has 0 radical (unpaired) electrons. The summed E-state index contributed by atoms with van der Waals surface area (Å²) in [5, 5.41) is 9.53. The highest BCUT2D eigenvalue weighted by Gasteiger charge is 2.18. The molecule has 1 aromatic carbocycles. The zero-order valence-corrected chi connectivity index (χ0v) is 13.1. The molecule has 1 heterocycles. The minimum atomic E-state index is 0.325. The molecule has 0 atom stereocenters. The van der Waals surface area contributed by atoms with Crippen LogP contribution in [0.1, 0.15) is 41.3 Å². The fraction of sp³-hybridized carbons (Fsp3) is 0.333. The maximum absolute atomic E-state index is 9.53. The van der Waals surface area contributed by atoms with Gasteiger partial charge in [0.1, 0.15) is 17.5 Å². The molecule has 0 spiro atoms. The van der Waals surface area contributed by atoms with Gasteiger partial charge in [-0.05, 0) is 43.9 Å². The van der Waals surface area contributed by atoms with E-state index in [1.807, 2.05) is 6.92 Å². The largest absolute Gasteiger partial charge is 0.383 e. The lowest BCUT2D eigenvalue weighted by Crippen LogP contribution is -2.06. The van der Waals surface area contributed by atoms with Crippen molar-refractivity contribution in [1.29, 1.82) is 5.26 Å². The van der Waals surface area contributed by atoms with E-state index < -0.39 is 0 Å². The van der Waals surface area contributed by atoms with Crippen LogP contribution in [-0.4, -0.2) is 4.98 Å². The second-order valence-electron chi connectivity index (χ2n) is 5.49. The molecule has 0 bridgehead atoms. The smallest absolute Gasteiger partial charge is 0.142 e. The first-order valence-electron chi connectivity index (χ1n) is 7.26. The Kier molecular flexibility index (Phi) is 4.28. The summed E-state index contributed by atoms with van der Waals surface area (Å²) in [4.78, 5) is 4.36. The van der Waals surface area contributed by atoms with Crippen LogP contribution >= 0.6 is 0 Å². The SMILES string of the molecule is CCCc1c(C)nc(N)c(C#N)c1-c1cc(C)ccc1C. The van der Waals surface area contributed by atoms with E-state index in [0.717, 1.165) is 40.8 Å². The lowest BCUT2D eigenvalue weighted by molar-refractivity contribution is 0.900. The molecule has 0 aliphatic carbocycles. The Bertz CT molecular complexity index is 724. The molecule has 3 nitrogen and oxygen atoms in total. The summed E-state index contributed by atoms with van der Waals surface area (Å²) in [7, 11) is 0. The summed E-state index contributed by atoms with van der Waals surface area (Å²) in [6.45, 7) is 8.23. The van der Waals surface area contributed by atoms with Crippen molar-refractivity contribution in [3.05, 3.63) is 46.1 Å². The summed E-state index contributed by atoms with van der Waals surface area (Å²) < 4.78 is 0. The highest BCUT2D eigenvalue weighted by molar-refractivity contribution is 5.81. The summed E-state index contributed by atoms with van der Waals surface area (Å²) in [5.41, 5.74) is 12.9. The number of nitrogen functional groups attached to an aromatic ring is 1. The summed E-state index contributed by atoms with van der Waals surface area (Å²) in [5.74, 6) is 0.325. The van der Waals surface area contributed by atoms with Gasteiger partial charge in [-0.2, -0.15) is 5.26 Å². The molecule has 108 valence electrons. The number of aryl methyl sites for hydroxylation is 3. The Morgan fingerprint density at radius 3 is 2.57 bits per heavy atom. The molecule has 2 rings (SSSR count). The van der Waals surface area contributed by atoms with Crippen molar-refractivity contribution in [2.24, 2.45) is 0 Å². The molecule has 3 heteroatoms. The molecule has 2 aromatic rings. The number of hydrogen-bond acceptors (Lipinski definition) is 3. The average molecular weight is 279 g/mol. The van der Waals surface area contributed by atoms with Gasteiger partial charge in [-0.1, -0.05) is 37.1 Å². The molecule has 0 unspecified atom stereocenters. The predicted octanol–water partition coefficient (Wildman–Crippen LogP) is 4.08. The first-order chi connectivity index (χ1) is 9.99. The van der Waals surface area contributed by atoms with Gasteiger partial charge in [-0.15, -0.1) is 0 Å². The summed E-state index contributed by atoms with van der Waals surface area (Å²) in [6.07, 6.45) is 1.91. The molecule has 0 saturated carbocycles. The monoisotopic (exact) mass is 279 g/mol. The second-order valence-corrected chi connectivity index (χ2v) is 5.49. The Hall–Kier alpha value is -2.34. The minimum Gasteiger partial charge on any atom is -0.383 e. The number of anilines is 1. The van der Waals surface area contributed by atoms with Crippen LogP contribution in [-0.2, 0) is 6.42 Å². The van der Waals surface area contributed by atoms with Gasteiger partial charge in [0.15, 0.2) is 0 Å². The van der Waals surface area contributed by atoms with E-state index in [2.05, 4.69) is 50.0 Å². The van der Waals surface area contributed by atoms with Gasteiger partial charge in [-0.25, -0.2) is 4.98 Å². The Morgan fingerprint density at radius 1 is 1.24 bits per heavy atom. The van der Waals surface area contributed by atoms with Crippen molar-refractivity contribution < 1.29 is 0 Å². The molecule has 0 aliphatic heterocycles. The van der Waals surface area contributed by atoms with Crippen molar-refractivity contribution in [2.45, 2.75) is 40.5 Å². The quantitative estimate of drug-likeness (QED) is 0.920. The Balaban J connectivity index is 2.88. The number of aromatic nitrogens is 1. The zero-order valence-electron chi connectivity index (χ0n) is 13.1. The Morgan fingerprint density at radius 2 is 1.95 bits per heavy atom. The van der Waals surface area contributed by atoms with Crippen LogP contribution in [0.3, 0.4) is 0 Å². The third kappa shape index (κ3) is 2.75. The highest BCUT2D eigenvalue weighted by atomic mass is 14.8. The molecule has 0 amide bonds. The van der Waals surface area contributed by atoms with E-state index in [1.54, 1.807) is 0 Å². The van der Waals surface area contributed by atoms with E-state index in [1.165, 1.54) is 5.56 Å². The van der Waals surface area contributed by atoms with E-state index in [0.29, 0.717) is 11.4 Å². The zero-order chi connectivity index (χ0) is 15.6. The predicted molar refractivity (Wildman–Crippen MR) is 87.0 cm³/mol. The fourth-order valence-electron chi connectivity index (χ4n) is 2.74. The van der Waals surface area contributed by atoms with Crippen molar-refractivity contribution in [3.8, 4) is 17.2 Å². The number of rotatable bonds is 3. The third-order valence-electron chi connectivity index (χ3n) is 3.81. The first kappa shape index (κ1) is 15.1. The number of hydrogen-bond donors (Lipinski definition) is 1. The van der Waals surface area contributed by atoms with Gasteiger partial charge in [0.05, 0.1) is 0 Å². The normalized spacial score (nSPS) is 10.4. The highest BCUT2D eigenvalue weighted by Crippen LogP contribution is 2.35. The van der Waals surface area contributed by atoms with Crippen LogP contribution in [0.15, 0.2) is 18.2 Å². The van der Waals surface area contributed by atoms with Crippen LogP contribution in [0.2, 0.25) is 0 Å². The van der Waals surface area contributed by atoms with Gasteiger partial charge >= 0.3 is 0 Å². The lowest BCUT2D eigenvalue weighted by atomic mass is 9.89. The number of pyridine rings is 1. The topological polar surface area (TPSA) is 62.7 Å². The van der Waals surface area contributed by atoms with Crippen LogP contribution in [0.5, 0.6) is 0 Å². The van der Waals surface area contributed by atoms with E-state index in [4.69, 9.17) is 5.73 Å². The van der Waals surface area contributed by atoms with Crippen LogP contribution in [0.4, 0.5) is 5.82 Å². The maximum Gasteiger partial charge on any atom is 0.142 e. The maximum atomic E-state index is 9.53. The van der Waals surface area contributed by atoms with Gasteiger partial charge < -0.3 is 5.73 Å². The fourth-order valence-corrected chi connectivity index (χ4v) is 2.74. The van der Waals surface area contributed by atoms with Gasteiger partial charge in [0.2, 0.25) is 0 Å². The van der Waals surface area contributed by atoms with Crippen molar-refractivity contribution >= 4 is 5.82 Å². The van der Waals surface area contributed by atoms with E-state index in [9.17, 15) is 5.26 Å². The second kappa shape index (κ2) is 5.97. The van der Waals surface area contributed by atoms with Gasteiger partial charge in [0, 0.05) is 11.3 Å². The third-order valence-corrected chi connectivity index (χ3v) is 3.81. The van der Waals surface area contributed by atoms with Crippen molar-refractivity contribution in [1.82, 2.24) is 4.98 Å². The molecule has 2 N–H and O–H groups in total. The van der Waals surface area contributed by atoms with E-state index in [-0.39, 0.29) is 0 Å².